The first-order valence-electron chi connectivity index (χ1n) is 8.10. The van der Waals surface area contributed by atoms with Gasteiger partial charge in [0.05, 0.1) is 0 Å². The average Bonchev–Trinajstić information content (AvgIpc) is 2.61. The number of benzene rings is 3. The highest BCUT2D eigenvalue weighted by atomic mass is 16.5. The normalized spacial score (nSPS) is 11.8. The lowest BCUT2D eigenvalue weighted by Crippen LogP contribution is -2.30. The quantitative estimate of drug-likeness (QED) is 0.702. The van der Waals surface area contributed by atoms with Gasteiger partial charge in [-0.05, 0) is 48.9 Å². The molecular weight excluding hydrogens is 314 g/mol. The fourth-order valence-electron chi connectivity index (χ4n) is 2.56. The molecular formula is C21H19NO3. The number of hydrogen-bond donors (Lipinski definition) is 1. The third-order valence-corrected chi connectivity index (χ3v) is 3.94. The summed E-state index contributed by atoms with van der Waals surface area (Å²) in [5.74, 6) is 0.205. The molecule has 0 bridgehead atoms. The maximum Gasteiger partial charge on any atom is 0.265 e. The molecule has 1 atom stereocenters. The van der Waals surface area contributed by atoms with Gasteiger partial charge in [-0.1, -0.05) is 42.5 Å². The highest BCUT2D eigenvalue weighted by Gasteiger charge is 2.15. The highest BCUT2D eigenvalue weighted by Crippen LogP contribution is 2.20. The summed E-state index contributed by atoms with van der Waals surface area (Å²) in [6, 6.07) is 20.5. The first-order valence-corrected chi connectivity index (χ1v) is 8.10. The lowest BCUT2D eigenvalue weighted by atomic mass is 10.1. The Hall–Kier alpha value is -3.14. The van der Waals surface area contributed by atoms with Crippen LogP contribution in [-0.2, 0) is 4.79 Å². The molecule has 0 saturated heterocycles. The molecule has 3 rings (SSSR count). The summed E-state index contributed by atoms with van der Waals surface area (Å²) in [5.41, 5.74) is 1.27. The summed E-state index contributed by atoms with van der Waals surface area (Å²) in [5, 5.41) is 5.04. The Morgan fingerprint density at radius 3 is 2.44 bits per heavy atom. The summed E-state index contributed by atoms with van der Waals surface area (Å²) >= 11 is 0. The van der Waals surface area contributed by atoms with Gasteiger partial charge in [0.2, 0.25) is 0 Å². The van der Waals surface area contributed by atoms with Gasteiger partial charge in [-0.2, -0.15) is 0 Å². The van der Waals surface area contributed by atoms with Crippen LogP contribution in [0, 0.1) is 0 Å². The van der Waals surface area contributed by atoms with Crippen LogP contribution in [0.4, 0.5) is 5.69 Å². The van der Waals surface area contributed by atoms with Crippen LogP contribution in [0.25, 0.3) is 10.8 Å². The number of fused-ring (bicyclic) bond motifs is 1. The number of hydrogen-bond acceptors (Lipinski definition) is 3. The molecule has 0 aliphatic heterocycles. The van der Waals surface area contributed by atoms with E-state index in [9.17, 15) is 9.59 Å². The van der Waals surface area contributed by atoms with Crippen LogP contribution in [0.2, 0.25) is 0 Å². The standard InChI is InChI=1S/C21H19NO3/c1-14(23)17-8-5-9-20(13-17)25-15(2)21(24)22-19-11-10-16-6-3-4-7-18(16)12-19/h3-13,15H,1-2H3,(H,22,24). The maximum atomic E-state index is 12.4. The SMILES string of the molecule is CC(=O)c1cccc(OC(C)C(=O)Nc2ccc3ccccc3c2)c1. The average molecular weight is 333 g/mol. The predicted octanol–water partition coefficient (Wildman–Crippen LogP) is 4.45. The van der Waals surface area contributed by atoms with Crippen molar-refractivity contribution >= 4 is 28.2 Å². The van der Waals surface area contributed by atoms with Crippen LogP contribution < -0.4 is 10.1 Å². The molecule has 1 unspecified atom stereocenters. The molecule has 0 aliphatic rings. The Morgan fingerprint density at radius 2 is 1.68 bits per heavy atom. The van der Waals surface area contributed by atoms with E-state index in [0.717, 1.165) is 16.5 Å². The van der Waals surface area contributed by atoms with E-state index in [1.807, 2.05) is 42.5 Å². The highest BCUT2D eigenvalue weighted by molar-refractivity contribution is 5.97. The minimum absolute atomic E-state index is 0.0429. The molecule has 4 heteroatoms. The lowest BCUT2D eigenvalue weighted by Gasteiger charge is -2.15. The van der Waals surface area contributed by atoms with E-state index < -0.39 is 6.10 Å². The van der Waals surface area contributed by atoms with Gasteiger partial charge in [0, 0.05) is 11.3 Å². The van der Waals surface area contributed by atoms with Crippen molar-refractivity contribution in [2.75, 3.05) is 5.32 Å². The number of ether oxygens (including phenoxy) is 1. The van der Waals surface area contributed by atoms with E-state index >= 15 is 0 Å². The van der Waals surface area contributed by atoms with Crippen molar-refractivity contribution in [1.29, 1.82) is 0 Å². The van der Waals surface area contributed by atoms with E-state index in [1.165, 1.54) is 6.92 Å². The van der Waals surface area contributed by atoms with Gasteiger partial charge < -0.3 is 10.1 Å². The van der Waals surface area contributed by atoms with E-state index in [2.05, 4.69) is 5.32 Å². The summed E-state index contributed by atoms with van der Waals surface area (Å²) in [6.07, 6.45) is -0.686. The molecule has 3 aromatic rings. The first kappa shape index (κ1) is 16.7. The van der Waals surface area contributed by atoms with Crippen molar-refractivity contribution in [3.8, 4) is 5.75 Å². The number of carbonyl (C=O) groups excluding carboxylic acids is 2. The molecule has 0 spiro atoms. The zero-order valence-electron chi connectivity index (χ0n) is 14.2. The number of ketones is 1. The van der Waals surface area contributed by atoms with Crippen molar-refractivity contribution in [3.63, 3.8) is 0 Å². The van der Waals surface area contributed by atoms with Crippen LogP contribution in [0.3, 0.4) is 0 Å². The van der Waals surface area contributed by atoms with Gasteiger partial charge in [-0.25, -0.2) is 0 Å². The number of nitrogens with one attached hydrogen (secondary N) is 1. The molecule has 0 fully saturated rings. The van der Waals surface area contributed by atoms with Crippen molar-refractivity contribution in [2.24, 2.45) is 0 Å². The molecule has 0 radical (unpaired) electrons. The van der Waals surface area contributed by atoms with E-state index in [1.54, 1.807) is 31.2 Å². The van der Waals surface area contributed by atoms with Gasteiger partial charge in [0.1, 0.15) is 5.75 Å². The largest absolute Gasteiger partial charge is 0.481 e. The van der Waals surface area contributed by atoms with Crippen molar-refractivity contribution in [1.82, 2.24) is 0 Å². The van der Waals surface area contributed by atoms with Crippen molar-refractivity contribution in [3.05, 3.63) is 72.3 Å². The lowest BCUT2D eigenvalue weighted by molar-refractivity contribution is -0.122. The van der Waals surface area contributed by atoms with Crippen LogP contribution in [-0.4, -0.2) is 17.8 Å². The minimum Gasteiger partial charge on any atom is -0.481 e. The molecule has 3 aromatic carbocycles. The van der Waals surface area contributed by atoms with Crippen molar-refractivity contribution < 1.29 is 14.3 Å². The summed E-state index contributed by atoms with van der Waals surface area (Å²) in [4.78, 5) is 23.8. The zero-order chi connectivity index (χ0) is 17.8. The zero-order valence-corrected chi connectivity index (χ0v) is 14.2. The van der Waals surface area contributed by atoms with E-state index in [-0.39, 0.29) is 11.7 Å². The number of rotatable bonds is 5. The monoisotopic (exact) mass is 333 g/mol. The molecule has 0 aromatic heterocycles. The molecule has 4 nitrogen and oxygen atoms in total. The molecule has 126 valence electrons. The number of Topliss-reactive ketones (excluding diaryl/α,β-unsaturated/α-hetero) is 1. The Morgan fingerprint density at radius 1 is 0.920 bits per heavy atom. The van der Waals surface area contributed by atoms with Crippen LogP contribution in [0.15, 0.2) is 66.7 Å². The van der Waals surface area contributed by atoms with Gasteiger partial charge in [0.25, 0.3) is 5.91 Å². The fourth-order valence-corrected chi connectivity index (χ4v) is 2.56. The summed E-state index contributed by atoms with van der Waals surface area (Å²) < 4.78 is 5.66. The second-order valence-corrected chi connectivity index (χ2v) is 5.90. The van der Waals surface area contributed by atoms with Crippen LogP contribution >= 0.6 is 0 Å². The predicted molar refractivity (Wildman–Crippen MR) is 99.1 cm³/mol. The molecule has 0 saturated carbocycles. The topological polar surface area (TPSA) is 55.4 Å². The molecule has 0 heterocycles. The van der Waals surface area contributed by atoms with Crippen LogP contribution in [0.1, 0.15) is 24.2 Å². The fraction of sp³-hybridized carbons (Fsp3) is 0.143. The number of amides is 1. The third kappa shape index (κ3) is 4.04. The Labute approximate surface area is 146 Å². The van der Waals surface area contributed by atoms with Gasteiger partial charge in [0.15, 0.2) is 11.9 Å². The van der Waals surface area contributed by atoms with E-state index in [4.69, 9.17) is 4.74 Å². The molecule has 1 amide bonds. The Balaban J connectivity index is 1.69. The number of carbonyl (C=O) groups is 2. The van der Waals surface area contributed by atoms with Crippen molar-refractivity contribution in [2.45, 2.75) is 20.0 Å². The Bertz CT molecular complexity index is 933. The minimum atomic E-state index is -0.686. The second-order valence-electron chi connectivity index (χ2n) is 5.90. The van der Waals surface area contributed by atoms with Gasteiger partial charge in [-0.3, -0.25) is 9.59 Å². The van der Waals surface area contributed by atoms with Gasteiger partial charge in [-0.15, -0.1) is 0 Å². The molecule has 25 heavy (non-hydrogen) atoms. The summed E-state index contributed by atoms with van der Waals surface area (Å²) in [6.45, 7) is 3.17. The maximum absolute atomic E-state index is 12.4. The smallest absolute Gasteiger partial charge is 0.265 e. The Kier molecular flexibility index (Phi) is 4.80. The molecule has 1 N–H and O–H groups in total. The molecule has 0 aliphatic carbocycles. The van der Waals surface area contributed by atoms with E-state index in [0.29, 0.717) is 11.3 Å². The first-order chi connectivity index (χ1) is 12.0. The number of anilines is 1. The third-order valence-electron chi connectivity index (χ3n) is 3.94. The van der Waals surface area contributed by atoms with Crippen LogP contribution in [0.5, 0.6) is 5.75 Å². The van der Waals surface area contributed by atoms with Gasteiger partial charge >= 0.3 is 0 Å². The summed E-state index contributed by atoms with van der Waals surface area (Å²) in [7, 11) is 0. The second kappa shape index (κ2) is 7.18.